The average molecular weight is 239 g/mol. The molecule has 5 heteroatoms. The molecule has 0 fully saturated rings. The lowest BCUT2D eigenvalue weighted by molar-refractivity contribution is 0.0685. The van der Waals surface area contributed by atoms with Gasteiger partial charge in [0.25, 0.3) is 0 Å². The number of rotatable bonds is 7. The third kappa shape index (κ3) is 4.40. The van der Waals surface area contributed by atoms with Crippen molar-refractivity contribution in [3.63, 3.8) is 0 Å². The highest BCUT2D eigenvalue weighted by Crippen LogP contribution is 2.18. The Labute approximate surface area is 100 Å². The zero-order chi connectivity index (χ0) is 12.7. The van der Waals surface area contributed by atoms with Crippen LogP contribution in [0.2, 0.25) is 0 Å². The molecule has 1 aromatic rings. The maximum Gasteiger partial charge on any atom is 0.341 e. The van der Waals surface area contributed by atoms with Crippen molar-refractivity contribution >= 4 is 5.97 Å². The van der Waals surface area contributed by atoms with Gasteiger partial charge < -0.3 is 14.6 Å². The summed E-state index contributed by atoms with van der Waals surface area (Å²) in [7, 11) is 0. The molecule has 1 heterocycles. The predicted molar refractivity (Wildman–Crippen MR) is 62.5 cm³/mol. The van der Waals surface area contributed by atoms with E-state index < -0.39 is 5.97 Å². The van der Waals surface area contributed by atoms with Crippen molar-refractivity contribution in [3.05, 3.63) is 23.5 Å². The first-order valence-electron chi connectivity index (χ1n) is 5.55. The minimum atomic E-state index is -1.04. The fourth-order valence-corrected chi connectivity index (χ4v) is 1.27. The van der Waals surface area contributed by atoms with Crippen molar-refractivity contribution in [2.24, 2.45) is 0 Å². The Morgan fingerprint density at radius 1 is 1.41 bits per heavy atom. The van der Waals surface area contributed by atoms with E-state index in [1.165, 1.54) is 6.20 Å². The highest BCUT2D eigenvalue weighted by atomic mass is 16.5. The van der Waals surface area contributed by atoms with Gasteiger partial charge in [0.15, 0.2) is 0 Å². The molecule has 0 atom stereocenters. The smallest absolute Gasteiger partial charge is 0.341 e. The summed E-state index contributed by atoms with van der Waals surface area (Å²) >= 11 is 0. The highest BCUT2D eigenvalue weighted by Gasteiger charge is 2.11. The van der Waals surface area contributed by atoms with Gasteiger partial charge in [-0.1, -0.05) is 6.92 Å². The fourth-order valence-electron chi connectivity index (χ4n) is 1.27. The number of pyridine rings is 1. The van der Waals surface area contributed by atoms with Crippen molar-refractivity contribution in [3.8, 4) is 5.75 Å². The molecule has 94 valence electrons. The van der Waals surface area contributed by atoms with Crippen LogP contribution in [-0.4, -0.2) is 35.9 Å². The minimum absolute atomic E-state index is 0.0751. The van der Waals surface area contributed by atoms with Crippen LogP contribution < -0.4 is 4.74 Å². The normalized spacial score (nSPS) is 10.2. The third-order valence-corrected chi connectivity index (χ3v) is 2.07. The van der Waals surface area contributed by atoms with Crippen LogP contribution in [0.3, 0.4) is 0 Å². The summed E-state index contributed by atoms with van der Waals surface area (Å²) < 4.78 is 10.6. The summed E-state index contributed by atoms with van der Waals surface area (Å²) in [5.41, 5.74) is 0.797. The first kappa shape index (κ1) is 13.4. The van der Waals surface area contributed by atoms with Crippen LogP contribution in [0.15, 0.2) is 12.3 Å². The van der Waals surface area contributed by atoms with E-state index in [9.17, 15) is 4.79 Å². The van der Waals surface area contributed by atoms with E-state index in [1.807, 2.05) is 6.92 Å². The maximum atomic E-state index is 10.9. The van der Waals surface area contributed by atoms with Gasteiger partial charge in [0.05, 0.1) is 6.61 Å². The zero-order valence-corrected chi connectivity index (χ0v) is 10.1. The Kier molecular flexibility index (Phi) is 5.42. The Morgan fingerprint density at radius 2 is 2.18 bits per heavy atom. The van der Waals surface area contributed by atoms with Gasteiger partial charge in [0.2, 0.25) is 0 Å². The zero-order valence-electron chi connectivity index (χ0n) is 10.1. The second kappa shape index (κ2) is 6.85. The number of carbonyl (C=O) groups is 1. The fraction of sp³-hybridized carbons (Fsp3) is 0.500. The number of ether oxygens (including phenoxy) is 2. The number of nitrogens with zero attached hydrogens (tertiary/aromatic N) is 1. The Bertz CT molecular complexity index is 379. The van der Waals surface area contributed by atoms with E-state index in [1.54, 1.807) is 13.0 Å². The monoisotopic (exact) mass is 239 g/mol. The van der Waals surface area contributed by atoms with Crippen LogP contribution in [0.1, 0.15) is 29.4 Å². The summed E-state index contributed by atoms with van der Waals surface area (Å²) in [4.78, 5) is 14.8. The van der Waals surface area contributed by atoms with Crippen molar-refractivity contribution < 1.29 is 19.4 Å². The van der Waals surface area contributed by atoms with Crippen LogP contribution in [0.4, 0.5) is 0 Å². The van der Waals surface area contributed by atoms with Gasteiger partial charge in [-0.3, -0.25) is 4.98 Å². The third-order valence-electron chi connectivity index (χ3n) is 2.07. The molecule has 0 bridgehead atoms. The summed E-state index contributed by atoms with van der Waals surface area (Å²) in [5.74, 6) is -0.702. The quantitative estimate of drug-likeness (QED) is 0.736. The Morgan fingerprint density at radius 3 is 2.82 bits per heavy atom. The van der Waals surface area contributed by atoms with E-state index in [0.717, 1.165) is 12.1 Å². The van der Waals surface area contributed by atoms with Crippen molar-refractivity contribution in [2.75, 3.05) is 19.8 Å². The number of aryl methyl sites for hydroxylation is 1. The maximum absolute atomic E-state index is 10.9. The summed E-state index contributed by atoms with van der Waals surface area (Å²) in [6, 6.07) is 1.61. The predicted octanol–water partition coefficient (Wildman–Crippen LogP) is 1.89. The molecule has 0 aliphatic rings. The Hall–Kier alpha value is -1.62. The standard InChI is InChI=1S/C12H17NO4/c1-3-4-16-5-6-17-11-7-9(2)13-8-10(11)12(14)15/h7-8H,3-6H2,1-2H3,(H,14,15). The molecule has 5 nitrogen and oxygen atoms in total. The minimum Gasteiger partial charge on any atom is -0.490 e. The second-order valence-corrected chi connectivity index (χ2v) is 3.59. The molecule has 0 saturated heterocycles. The molecule has 0 aliphatic heterocycles. The molecule has 0 amide bonds. The molecule has 0 aliphatic carbocycles. The summed E-state index contributed by atoms with van der Waals surface area (Å²) in [5, 5.41) is 8.95. The van der Waals surface area contributed by atoms with Gasteiger partial charge in [-0.15, -0.1) is 0 Å². The van der Waals surface area contributed by atoms with Crippen LogP contribution in [0, 0.1) is 6.92 Å². The number of hydrogen-bond acceptors (Lipinski definition) is 4. The summed E-state index contributed by atoms with van der Waals surface area (Å²) in [6.45, 7) is 5.28. The molecule has 0 saturated carbocycles. The van der Waals surface area contributed by atoms with Gasteiger partial charge >= 0.3 is 5.97 Å². The SMILES string of the molecule is CCCOCCOc1cc(C)ncc1C(=O)O. The largest absolute Gasteiger partial charge is 0.490 e. The number of hydrogen-bond donors (Lipinski definition) is 1. The van der Waals surface area contributed by atoms with Crippen LogP contribution in [0.25, 0.3) is 0 Å². The van der Waals surface area contributed by atoms with E-state index in [4.69, 9.17) is 14.6 Å². The van der Waals surface area contributed by atoms with Gasteiger partial charge in [-0.2, -0.15) is 0 Å². The highest BCUT2D eigenvalue weighted by molar-refractivity contribution is 5.90. The van der Waals surface area contributed by atoms with Crippen molar-refractivity contribution in [1.29, 1.82) is 0 Å². The van der Waals surface area contributed by atoms with Gasteiger partial charge in [-0.25, -0.2) is 4.79 Å². The lowest BCUT2D eigenvalue weighted by Gasteiger charge is -2.09. The molecule has 1 rings (SSSR count). The van der Waals surface area contributed by atoms with E-state index in [-0.39, 0.29) is 5.56 Å². The van der Waals surface area contributed by atoms with Gasteiger partial charge in [0.1, 0.15) is 17.9 Å². The molecule has 0 unspecified atom stereocenters. The first-order valence-corrected chi connectivity index (χ1v) is 5.55. The lowest BCUT2D eigenvalue weighted by Crippen LogP contribution is -2.10. The molecule has 17 heavy (non-hydrogen) atoms. The molecular weight excluding hydrogens is 222 g/mol. The van der Waals surface area contributed by atoms with Crippen LogP contribution in [0.5, 0.6) is 5.75 Å². The van der Waals surface area contributed by atoms with Crippen molar-refractivity contribution in [2.45, 2.75) is 20.3 Å². The topological polar surface area (TPSA) is 68.7 Å². The first-order chi connectivity index (χ1) is 8.15. The van der Waals surface area contributed by atoms with E-state index >= 15 is 0 Å². The van der Waals surface area contributed by atoms with Crippen molar-refractivity contribution in [1.82, 2.24) is 4.98 Å². The lowest BCUT2D eigenvalue weighted by atomic mass is 10.2. The van der Waals surface area contributed by atoms with E-state index in [0.29, 0.717) is 25.6 Å². The number of carboxylic acid groups (broad SMARTS) is 1. The molecule has 0 aromatic carbocycles. The molecule has 0 spiro atoms. The Balaban J connectivity index is 2.56. The molecule has 1 N–H and O–H groups in total. The number of carboxylic acids is 1. The molecule has 0 radical (unpaired) electrons. The summed E-state index contributed by atoms with van der Waals surface area (Å²) in [6.07, 6.45) is 2.26. The van der Waals surface area contributed by atoms with Crippen LogP contribution >= 0.6 is 0 Å². The van der Waals surface area contributed by atoms with Crippen LogP contribution in [-0.2, 0) is 4.74 Å². The number of aromatic nitrogens is 1. The second-order valence-electron chi connectivity index (χ2n) is 3.59. The molecule has 1 aromatic heterocycles. The van der Waals surface area contributed by atoms with Gasteiger partial charge in [-0.05, 0) is 13.3 Å². The van der Waals surface area contributed by atoms with Gasteiger partial charge in [0, 0.05) is 24.6 Å². The van der Waals surface area contributed by atoms with E-state index in [2.05, 4.69) is 4.98 Å². The average Bonchev–Trinajstić information content (AvgIpc) is 2.28. The number of aromatic carboxylic acids is 1. The molecular formula is C12H17NO4.